The SMILES string of the molecule is Cc1nnc(N(CCBr)CC(F)(F)F)nc1C. The number of aryl methyl sites for hydroxylation is 2. The van der Waals surface area contributed by atoms with E-state index in [9.17, 15) is 13.2 Å². The van der Waals surface area contributed by atoms with Gasteiger partial charge in [-0.25, -0.2) is 4.98 Å². The fraction of sp³-hybridized carbons (Fsp3) is 0.667. The monoisotopic (exact) mass is 312 g/mol. The molecule has 4 nitrogen and oxygen atoms in total. The minimum Gasteiger partial charge on any atom is -0.330 e. The van der Waals surface area contributed by atoms with Crippen molar-refractivity contribution in [1.82, 2.24) is 15.2 Å². The van der Waals surface area contributed by atoms with Crippen molar-refractivity contribution in [2.24, 2.45) is 0 Å². The van der Waals surface area contributed by atoms with Crippen LogP contribution in [0.5, 0.6) is 0 Å². The lowest BCUT2D eigenvalue weighted by Gasteiger charge is -2.22. The van der Waals surface area contributed by atoms with Crippen molar-refractivity contribution >= 4 is 21.9 Å². The standard InChI is InChI=1S/C9H12BrF3N4/c1-6-7(2)15-16-8(14-6)17(4-3-10)5-9(11,12)13/h3-5H2,1-2H3. The normalized spacial score (nSPS) is 11.6. The largest absolute Gasteiger partial charge is 0.406 e. The van der Waals surface area contributed by atoms with Crippen LogP contribution in [0.15, 0.2) is 0 Å². The lowest BCUT2D eigenvalue weighted by Crippen LogP contribution is -2.37. The smallest absolute Gasteiger partial charge is 0.330 e. The zero-order valence-corrected chi connectivity index (χ0v) is 11.0. The van der Waals surface area contributed by atoms with Crippen molar-refractivity contribution in [3.05, 3.63) is 11.4 Å². The van der Waals surface area contributed by atoms with Gasteiger partial charge < -0.3 is 4.90 Å². The summed E-state index contributed by atoms with van der Waals surface area (Å²) in [5.41, 5.74) is 1.19. The predicted octanol–water partition coefficient (Wildman–Crippen LogP) is 2.25. The fourth-order valence-corrected chi connectivity index (χ4v) is 1.58. The van der Waals surface area contributed by atoms with Crippen molar-refractivity contribution in [1.29, 1.82) is 0 Å². The maximum absolute atomic E-state index is 12.4. The first-order chi connectivity index (χ1) is 7.83. The first-order valence-electron chi connectivity index (χ1n) is 4.89. The summed E-state index contributed by atoms with van der Waals surface area (Å²) < 4.78 is 37.1. The van der Waals surface area contributed by atoms with E-state index >= 15 is 0 Å². The van der Waals surface area contributed by atoms with Crippen molar-refractivity contribution in [3.63, 3.8) is 0 Å². The highest BCUT2D eigenvalue weighted by molar-refractivity contribution is 9.09. The van der Waals surface area contributed by atoms with E-state index in [4.69, 9.17) is 0 Å². The maximum atomic E-state index is 12.4. The van der Waals surface area contributed by atoms with Crippen LogP contribution < -0.4 is 4.90 Å². The molecule has 0 aliphatic carbocycles. The Morgan fingerprint density at radius 3 is 2.29 bits per heavy atom. The summed E-state index contributed by atoms with van der Waals surface area (Å²) in [7, 11) is 0. The van der Waals surface area contributed by atoms with Gasteiger partial charge in [0.05, 0.1) is 11.4 Å². The zero-order chi connectivity index (χ0) is 13.1. The number of alkyl halides is 4. The van der Waals surface area contributed by atoms with Gasteiger partial charge in [-0.05, 0) is 13.8 Å². The number of hydrogen-bond donors (Lipinski definition) is 0. The minimum atomic E-state index is -4.29. The Hall–Kier alpha value is -0.920. The van der Waals surface area contributed by atoms with E-state index in [-0.39, 0.29) is 12.5 Å². The summed E-state index contributed by atoms with van der Waals surface area (Å²) in [6.45, 7) is 2.48. The molecule has 0 radical (unpaired) electrons. The summed E-state index contributed by atoms with van der Waals surface area (Å²) in [5.74, 6) is 0.00451. The molecule has 1 aromatic heterocycles. The van der Waals surface area contributed by atoms with Gasteiger partial charge in [0.15, 0.2) is 0 Å². The van der Waals surface area contributed by atoms with E-state index in [0.717, 1.165) is 4.90 Å². The number of anilines is 1. The van der Waals surface area contributed by atoms with Gasteiger partial charge in [-0.1, -0.05) is 15.9 Å². The number of nitrogens with zero attached hydrogens (tertiary/aromatic N) is 4. The molecule has 0 unspecified atom stereocenters. The first kappa shape index (κ1) is 14.1. The van der Waals surface area contributed by atoms with Crippen LogP contribution in [0.2, 0.25) is 0 Å². The third kappa shape index (κ3) is 4.45. The molecular weight excluding hydrogens is 301 g/mol. The predicted molar refractivity (Wildman–Crippen MR) is 61.4 cm³/mol. The Labute approximate surface area is 105 Å². The second kappa shape index (κ2) is 5.61. The molecule has 8 heteroatoms. The van der Waals surface area contributed by atoms with E-state index in [1.54, 1.807) is 13.8 Å². The third-order valence-corrected chi connectivity index (χ3v) is 2.44. The van der Waals surface area contributed by atoms with Gasteiger partial charge in [0.1, 0.15) is 6.54 Å². The fourth-order valence-electron chi connectivity index (χ4n) is 1.15. The molecule has 0 bridgehead atoms. The molecule has 0 saturated carbocycles. The van der Waals surface area contributed by atoms with Gasteiger partial charge in [-0.3, -0.25) is 0 Å². The molecule has 0 aliphatic heterocycles. The van der Waals surface area contributed by atoms with Crippen molar-refractivity contribution in [2.45, 2.75) is 20.0 Å². The Bertz CT molecular complexity index is 383. The summed E-state index contributed by atoms with van der Waals surface area (Å²) >= 11 is 3.10. The van der Waals surface area contributed by atoms with Crippen LogP contribution in [0.1, 0.15) is 11.4 Å². The van der Waals surface area contributed by atoms with Crippen LogP contribution >= 0.6 is 15.9 Å². The summed E-state index contributed by atoms with van der Waals surface area (Å²) in [6, 6.07) is 0. The van der Waals surface area contributed by atoms with Gasteiger partial charge in [-0.15, -0.1) is 5.10 Å². The van der Waals surface area contributed by atoms with Crippen LogP contribution in [0.25, 0.3) is 0 Å². The molecule has 1 heterocycles. The molecule has 17 heavy (non-hydrogen) atoms. The van der Waals surface area contributed by atoms with Gasteiger partial charge in [0, 0.05) is 11.9 Å². The number of rotatable bonds is 4. The average Bonchev–Trinajstić information content (AvgIpc) is 2.19. The average molecular weight is 313 g/mol. The van der Waals surface area contributed by atoms with E-state index in [2.05, 4.69) is 31.1 Å². The van der Waals surface area contributed by atoms with Gasteiger partial charge in [0.2, 0.25) is 5.95 Å². The molecule has 96 valence electrons. The number of hydrogen-bond acceptors (Lipinski definition) is 4. The van der Waals surface area contributed by atoms with Crippen molar-refractivity contribution in [3.8, 4) is 0 Å². The highest BCUT2D eigenvalue weighted by Crippen LogP contribution is 2.19. The zero-order valence-electron chi connectivity index (χ0n) is 9.42. The lowest BCUT2D eigenvalue weighted by atomic mass is 10.4. The molecule has 1 rings (SSSR count). The van der Waals surface area contributed by atoms with E-state index in [1.807, 2.05) is 0 Å². The highest BCUT2D eigenvalue weighted by Gasteiger charge is 2.31. The highest BCUT2D eigenvalue weighted by atomic mass is 79.9. The van der Waals surface area contributed by atoms with Crippen LogP contribution in [0.4, 0.5) is 19.1 Å². The van der Waals surface area contributed by atoms with Crippen LogP contribution in [0.3, 0.4) is 0 Å². The van der Waals surface area contributed by atoms with Gasteiger partial charge >= 0.3 is 6.18 Å². The molecule has 0 fully saturated rings. The van der Waals surface area contributed by atoms with E-state index in [1.165, 1.54) is 0 Å². The second-order valence-electron chi connectivity index (χ2n) is 3.51. The first-order valence-corrected chi connectivity index (χ1v) is 6.01. The Kier molecular flexibility index (Phi) is 4.67. The molecule has 0 saturated heterocycles. The number of halogens is 4. The summed E-state index contributed by atoms with van der Waals surface area (Å²) in [6.07, 6.45) is -4.29. The van der Waals surface area contributed by atoms with Crippen LogP contribution in [-0.4, -0.2) is 39.8 Å². The minimum absolute atomic E-state index is 0.00451. The Morgan fingerprint density at radius 1 is 1.18 bits per heavy atom. The molecular formula is C9H12BrF3N4. The van der Waals surface area contributed by atoms with Gasteiger partial charge in [-0.2, -0.15) is 18.3 Å². The molecule has 1 aromatic rings. The van der Waals surface area contributed by atoms with Crippen molar-refractivity contribution < 1.29 is 13.2 Å². The van der Waals surface area contributed by atoms with Crippen LogP contribution in [0, 0.1) is 13.8 Å². The third-order valence-electron chi connectivity index (χ3n) is 2.09. The van der Waals surface area contributed by atoms with E-state index in [0.29, 0.717) is 16.7 Å². The van der Waals surface area contributed by atoms with Crippen LogP contribution in [-0.2, 0) is 0 Å². The molecule has 0 atom stereocenters. The maximum Gasteiger partial charge on any atom is 0.406 e. The lowest BCUT2D eigenvalue weighted by molar-refractivity contribution is -0.119. The molecule has 0 N–H and O–H groups in total. The Balaban J connectivity index is 2.93. The quantitative estimate of drug-likeness (QED) is 0.800. The van der Waals surface area contributed by atoms with E-state index < -0.39 is 12.7 Å². The Morgan fingerprint density at radius 2 is 1.82 bits per heavy atom. The number of aromatic nitrogens is 3. The van der Waals surface area contributed by atoms with Crippen molar-refractivity contribution in [2.75, 3.05) is 23.3 Å². The summed E-state index contributed by atoms with van der Waals surface area (Å²) in [5, 5.41) is 7.86. The molecule has 0 spiro atoms. The molecule has 0 amide bonds. The molecule has 0 aromatic carbocycles. The second-order valence-corrected chi connectivity index (χ2v) is 4.30. The molecule has 0 aliphatic rings. The topological polar surface area (TPSA) is 41.9 Å². The van der Waals surface area contributed by atoms with Gasteiger partial charge in [0.25, 0.3) is 0 Å². The summed E-state index contributed by atoms with van der Waals surface area (Å²) in [4.78, 5) is 5.06.